The molecule has 4 heterocycles. The molecule has 0 N–H and O–H groups in total. The van der Waals surface area contributed by atoms with E-state index in [2.05, 4.69) is 426 Å². The zero-order valence-corrected chi connectivity index (χ0v) is 71.7. The third kappa shape index (κ3) is 13.8. The van der Waals surface area contributed by atoms with Gasteiger partial charge in [0.15, 0.2) is 0 Å². The first kappa shape index (κ1) is 76.2. The molecule has 0 unspecified atom stereocenters. The van der Waals surface area contributed by atoms with Crippen molar-refractivity contribution in [3.63, 3.8) is 0 Å². The molecule has 0 saturated carbocycles. The Bertz CT molecular complexity index is 8070. The summed E-state index contributed by atoms with van der Waals surface area (Å²) in [6, 6.07) is 149. The van der Waals surface area contributed by atoms with Gasteiger partial charge in [-0.3, -0.25) is 0 Å². The molecule has 24 aromatic rings. The maximum atomic E-state index is 6.17. The molecule has 24 rings (SSSR count). The topological polar surface area (TPSA) is 19.7 Å². The second-order valence-corrected chi connectivity index (χ2v) is 34.1. The summed E-state index contributed by atoms with van der Waals surface area (Å²) in [5.74, 6) is 0. The molecule has 0 spiro atoms. The fourth-order valence-corrected chi connectivity index (χ4v) is 19.5. The van der Waals surface area contributed by atoms with E-state index >= 15 is 0 Å². The quantitative estimate of drug-likeness (QED) is 0.144. The van der Waals surface area contributed by atoms with E-state index in [4.69, 9.17) is 46.4 Å². The zero-order chi connectivity index (χ0) is 82.1. The van der Waals surface area contributed by atoms with Crippen molar-refractivity contribution >= 4 is 209 Å². The molecule has 0 fully saturated rings. The largest absolute Gasteiger partial charge is 0.309 e. The van der Waals surface area contributed by atoms with Gasteiger partial charge >= 0.3 is 0 Å². The Labute approximate surface area is 741 Å². The summed E-state index contributed by atoms with van der Waals surface area (Å²) in [4.78, 5) is 0. The van der Waals surface area contributed by atoms with E-state index in [1.807, 2.05) is 48.5 Å². The second kappa shape index (κ2) is 32.4. The van der Waals surface area contributed by atoms with Gasteiger partial charge in [0, 0.05) is 116 Å². The molecule has 0 atom stereocenters. The van der Waals surface area contributed by atoms with Crippen LogP contribution in [0.5, 0.6) is 0 Å². The van der Waals surface area contributed by atoms with Crippen molar-refractivity contribution in [1.29, 1.82) is 0 Å². The van der Waals surface area contributed by atoms with E-state index in [0.717, 1.165) is 51.5 Å². The van der Waals surface area contributed by atoms with E-state index < -0.39 is 0 Å². The number of nitrogens with zero attached hydrogens (tertiary/aromatic N) is 4. The molecular formula is C112H70Br2Cl4N4. The van der Waals surface area contributed by atoms with Gasteiger partial charge in [-0.15, -0.1) is 0 Å². The molecule has 20 aromatic carbocycles. The second-order valence-electron chi connectivity index (χ2n) is 30.6. The van der Waals surface area contributed by atoms with Gasteiger partial charge in [0.25, 0.3) is 0 Å². The van der Waals surface area contributed by atoms with Crippen LogP contribution >= 0.6 is 78.3 Å². The van der Waals surface area contributed by atoms with E-state index in [1.165, 1.54) is 175 Å². The summed E-state index contributed by atoms with van der Waals surface area (Å²) in [6.07, 6.45) is 0. The highest BCUT2D eigenvalue weighted by Crippen LogP contribution is 2.47. The fraction of sp³-hybridized carbons (Fsp3) is 0. The van der Waals surface area contributed by atoms with E-state index in [0.29, 0.717) is 0 Å². The Morgan fingerprint density at radius 1 is 0.172 bits per heavy atom. The van der Waals surface area contributed by atoms with Crippen LogP contribution in [0.2, 0.25) is 20.1 Å². The highest BCUT2D eigenvalue weighted by Gasteiger charge is 2.23. The number of halogens is 6. The lowest BCUT2D eigenvalue weighted by Crippen LogP contribution is -1.94. The smallest absolute Gasteiger partial charge is 0.0620 e. The van der Waals surface area contributed by atoms with Crippen molar-refractivity contribution in [1.82, 2.24) is 18.3 Å². The van der Waals surface area contributed by atoms with Crippen molar-refractivity contribution in [3.8, 4) is 67.3 Å². The third-order valence-corrected chi connectivity index (χ3v) is 25.7. The molecule has 0 aliphatic carbocycles. The van der Waals surface area contributed by atoms with Crippen molar-refractivity contribution < 1.29 is 0 Å². The lowest BCUT2D eigenvalue weighted by atomic mass is 9.95. The van der Waals surface area contributed by atoms with Crippen LogP contribution in [-0.2, 0) is 0 Å². The molecule has 0 bridgehead atoms. The van der Waals surface area contributed by atoms with Crippen LogP contribution in [0, 0.1) is 0 Å². The van der Waals surface area contributed by atoms with Crippen LogP contribution in [0.4, 0.5) is 0 Å². The molecule has 0 aliphatic rings. The lowest BCUT2D eigenvalue weighted by Gasteiger charge is -2.13. The molecule has 0 aliphatic heterocycles. The zero-order valence-electron chi connectivity index (χ0n) is 65.5. The van der Waals surface area contributed by atoms with Crippen LogP contribution in [0.25, 0.3) is 198 Å². The van der Waals surface area contributed by atoms with Gasteiger partial charge in [0.05, 0.1) is 44.1 Å². The van der Waals surface area contributed by atoms with Crippen molar-refractivity contribution in [2.75, 3.05) is 0 Å². The molecule has 0 radical (unpaired) electrons. The Morgan fingerprint density at radius 3 is 0.893 bits per heavy atom. The summed E-state index contributed by atoms with van der Waals surface area (Å²) in [7, 11) is 0. The summed E-state index contributed by atoms with van der Waals surface area (Å²) in [5, 5.41) is 22.9. The standard InChI is InChI=1S/2C28H17BrClN.2C28H18ClN/c29-19-12-15-27-25(16-19)26-17-24(18-10-13-20(30)14-11-18)22-8-4-5-9-23(22)28(26)31(27)21-6-2-1-3-7-21;29-26-17-25-24-16-19(18-10-13-20(30)14-11-18)12-15-27(24)31(21-6-2-1-3-7-21)28(25)23-9-5-4-8-22(23)26;29-20-16-14-19(15-17-20)25-18-26-23-11-6-7-13-27(23)30(21-8-2-1-3-9-21)28(26)24-12-5-4-10-22(24)25;29-22-14-10-19(11-15-22)21-13-17-27-26(18-21)25-16-12-20-6-4-5-9-24(20)28(25)30(27)23-7-2-1-3-8-23/h2*1-17H;2*1-18H. The van der Waals surface area contributed by atoms with Gasteiger partial charge in [-0.2, -0.15) is 0 Å². The summed E-state index contributed by atoms with van der Waals surface area (Å²) in [6.45, 7) is 0. The Balaban J connectivity index is 0.000000100. The normalized spacial score (nSPS) is 11.5. The number of fused-ring (bicyclic) bond motifs is 20. The number of rotatable bonds is 8. The van der Waals surface area contributed by atoms with Crippen molar-refractivity contribution in [3.05, 3.63) is 454 Å². The van der Waals surface area contributed by atoms with Gasteiger partial charge < -0.3 is 18.3 Å². The first-order chi connectivity index (χ1) is 60.0. The average molecular weight is 1770 g/mol. The Hall–Kier alpha value is -13.2. The molecule has 10 heteroatoms. The van der Waals surface area contributed by atoms with Crippen LogP contribution in [0.15, 0.2) is 434 Å². The lowest BCUT2D eigenvalue weighted by molar-refractivity contribution is 1.19. The fourth-order valence-electron chi connectivity index (χ4n) is 18.0. The number of hydrogen-bond donors (Lipinski definition) is 0. The van der Waals surface area contributed by atoms with Crippen LogP contribution in [0.3, 0.4) is 0 Å². The van der Waals surface area contributed by atoms with Gasteiger partial charge in [-0.25, -0.2) is 0 Å². The Kier molecular flexibility index (Phi) is 20.2. The molecule has 4 nitrogen and oxygen atoms in total. The molecular weight excluding hydrogens is 1700 g/mol. The van der Waals surface area contributed by atoms with Gasteiger partial charge in [0.1, 0.15) is 0 Å². The van der Waals surface area contributed by atoms with Gasteiger partial charge in [-0.1, -0.05) is 339 Å². The van der Waals surface area contributed by atoms with Gasteiger partial charge in [-0.05, 0) is 230 Å². The van der Waals surface area contributed by atoms with E-state index in [1.54, 1.807) is 0 Å². The monoisotopic (exact) mass is 1770 g/mol. The number of para-hydroxylation sites is 5. The van der Waals surface area contributed by atoms with Crippen LogP contribution in [-0.4, -0.2) is 18.3 Å². The SMILES string of the molecule is Clc1ccc(-c2cc3c4cc(Br)ccc4n(-c4ccccc4)c3c3ccccc23)cc1.Clc1ccc(-c2cc3c4ccccc4n(-c4ccccc4)c3c3ccccc23)cc1.Clc1ccc(-c2ccc3c(c2)c2cc(Br)c4ccccc4c2n3-c2ccccc2)cc1.Clc1ccc(-c2ccc3c(c2)c2ccc4ccccc4c2n3-c2ccccc2)cc1. The van der Waals surface area contributed by atoms with Crippen LogP contribution in [0.1, 0.15) is 0 Å². The van der Waals surface area contributed by atoms with E-state index in [-0.39, 0.29) is 0 Å². The van der Waals surface area contributed by atoms with Crippen molar-refractivity contribution in [2.24, 2.45) is 0 Å². The molecule has 0 amide bonds. The Morgan fingerprint density at radius 2 is 0.459 bits per heavy atom. The predicted octanol–water partition coefficient (Wildman–Crippen LogP) is 34.6. The highest BCUT2D eigenvalue weighted by molar-refractivity contribution is 9.11. The minimum Gasteiger partial charge on any atom is -0.309 e. The third-order valence-electron chi connectivity index (χ3n) is 23.5. The maximum Gasteiger partial charge on any atom is 0.0620 e. The predicted molar refractivity (Wildman–Crippen MR) is 530 cm³/mol. The average Bonchev–Trinajstić information content (AvgIpc) is 1.57. The molecule has 122 heavy (non-hydrogen) atoms. The molecule has 4 aromatic heterocycles. The van der Waals surface area contributed by atoms with E-state index in [9.17, 15) is 0 Å². The maximum absolute atomic E-state index is 6.17. The summed E-state index contributed by atoms with van der Waals surface area (Å²) >= 11 is 32.0. The highest BCUT2D eigenvalue weighted by atomic mass is 79.9. The van der Waals surface area contributed by atoms with Crippen molar-refractivity contribution in [2.45, 2.75) is 0 Å². The minimum atomic E-state index is 0.749. The van der Waals surface area contributed by atoms with Crippen LogP contribution < -0.4 is 0 Å². The molecule has 580 valence electrons. The first-order valence-electron chi connectivity index (χ1n) is 40.5. The number of benzene rings is 20. The first-order valence-corrected chi connectivity index (χ1v) is 43.6. The summed E-state index contributed by atoms with van der Waals surface area (Å²) < 4.78 is 11.7. The number of aromatic nitrogens is 4. The minimum absolute atomic E-state index is 0.749. The molecule has 0 saturated heterocycles. The van der Waals surface area contributed by atoms with Gasteiger partial charge in [0.2, 0.25) is 0 Å². The summed E-state index contributed by atoms with van der Waals surface area (Å²) in [5.41, 5.74) is 23.9. The number of hydrogen-bond acceptors (Lipinski definition) is 0.